The Bertz CT molecular complexity index is 456. The molecule has 0 heterocycles. The van der Waals surface area contributed by atoms with Crippen LogP contribution < -0.4 is 9.47 Å². The molecule has 0 fully saturated rings. The molecule has 21 heavy (non-hydrogen) atoms. The summed E-state index contributed by atoms with van der Waals surface area (Å²) >= 11 is 0. The third kappa shape index (κ3) is 4.96. The molecule has 118 valence electrons. The number of carbonyl (C=O) groups excluding carboxylic acids is 1. The lowest BCUT2D eigenvalue weighted by atomic mass is 10.1. The van der Waals surface area contributed by atoms with E-state index in [-0.39, 0.29) is 17.1 Å². The lowest BCUT2D eigenvalue weighted by molar-refractivity contribution is 0.111. The fourth-order valence-corrected chi connectivity index (χ4v) is 1.61. The van der Waals surface area contributed by atoms with Crippen molar-refractivity contribution in [2.45, 2.75) is 40.5 Å². The molecule has 1 rings (SSSR count). The Morgan fingerprint density at radius 1 is 1.10 bits per heavy atom. The number of phenols is 1. The maximum atomic E-state index is 10.9. The number of aldehydes is 1. The van der Waals surface area contributed by atoms with Gasteiger partial charge in [-0.05, 0) is 24.0 Å². The van der Waals surface area contributed by atoms with E-state index in [4.69, 9.17) is 9.47 Å². The highest BCUT2D eigenvalue weighted by molar-refractivity contribution is 5.82. The summed E-state index contributed by atoms with van der Waals surface area (Å²) in [7, 11) is 0. The van der Waals surface area contributed by atoms with Gasteiger partial charge in [0.25, 0.3) is 0 Å². The van der Waals surface area contributed by atoms with Crippen molar-refractivity contribution in [3.8, 4) is 17.2 Å². The minimum absolute atomic E-state index is 0.144. The molecule has 2 atom stereocenters. The van der Waals surface area contributed by atoms with E-state index in [2.05, 4.69) is 27.7 Å². The van der Waals surface area contributed by atoms with Gasteiger partial charge in [-0.1, -0.05) is 40.5 Å². The molecule has 0 aromatic heterocycles. The van der Waals surface area contributed by atoms with Crippen LogP contribution in [0.4, 0.5) is 0 Å². The van der Waals surface area contributed by atoms with Crippen LogP contribution in [0.5, 0.6) is 17.2 Å². The van der Waals surface area contributed by atoms with Crippen LogP contribution in [0.2, 0.25) is 0 Å². The molecular formula is C17H26O4. The van der Waals surface area contributed by atoms with Gasteiger partial charge in [0.1, 0.15) is 0 Å². The fraction of sp³-hybridized carbons (Fsp3) is 0.588. The Labute approximate surface area is 127 Å². The molecule has 1 N–H and O–H groups in total. The van der Waals surface area contributed by atoms with Gasteiger partial charge in [-0.2, -0.15) is 0 Å². The summed E-state index contributed by atoms with van der Waals surface area (Å²) in [5.74, 6) is 1.40. The number of phenolic OH excluding ortho intramolecular Hbond substituents is 1. The van der Waals surface area contributed by atoms with Gasteiger partial charge in [-0.15, -0.1) is 0 Å². The minimum atomic E-state index is -0.144. The Balaban J connectivity index is 2.94. The SMILES string of the molecule is CCC(C)COc1c(OC[C@@H](C)CC)ccc(C=O)c1O. The molecule has 0 amide bonds. The zero-order valence-electron chi connectivity index (χ0n) is 13.4. The van der Waals surface area contributed by atoms with Crippen LogP contribution in [0.25, 0.3) is 0 Å². The van der Waals surface area contributed by atoms with E-state index < -0.39 is 0 Å². The van der Waals surface area contributed by atoms with Crippen molar-refractivity contribution < 1.29 is 19.4 Å². The first-order valence-corrected chi connectivity index (χ1v) is 7.60. The molecule has 0 aliphatic rings. The average Bonchev–Trinajstić information content (AvgIpc) is 2.51. The topological polar surface area (TPSA) is 55.8 Å². The molecule has 1 aromatic rings. The lowest BCUT2D eigenvalue weighted by Crippen LogP contribution is -2.11. The molecule has 0 aliphatic heterocycles. The number of hydrogen-bond donors (Lipinski definition) is 1. The predicted octanol–water partition coefficient (Wildman–Crippen LogP) is 4.05. The maximum absolute atomic E-state index is 10.9. The highest BCUT2D eigenvalue weighted by Gasteiger charge is 2.16. The van der Waals surface area contributed by atoms with Crippen LogP contribution in [0, 0.1) is 11.8 Å². The van der Waals surface area contributed by atoms with E-state index in [1.165, 1.54) is 0 Å². The van der Waals surface area contributed by atoms with Crippen LogP contribution in [0.3, 0.4) is 0 Å². The highest BCUT2D eigenvalue weighted by Crippen LogP contribution is 2.39. The van der Waals surface area contributed by atoms with E-state index in [1.54, 1.807) is 12.1 Å². The van der Waals surface area contributed by atoms with Gasteiger partial charge in [0.2, 0.25) is 5.75 Å². The maximum Gasteiger partial charge on any atom is 0.204 e. The van der Waals surface area contributed by atoms with Gasteiger partial charge in [0.15, 0.2) is 17.8 Å². The monoisotopic (exact) mass is 294 g/mol. The van der Waals surface area contributed by atoms with E-state index in [0.29, 0.717) is 37.1 Å². The van der Waals surface area contributed by atoms with Gasteiger partial charge in [-0.3, -0.25) is 4.79 Å². The summed E-state index contributed by atoms with van der Waals surface area (Å²) in [6.07, 6.45) is 2.61. The zero-order chi connectivity index (χ0) is 15.8. The smallest absolute Gasteiger partial charge is 0.204 e. The molecule has 4 heteroatoms. The summed E-state index contributed by atoms with van der Waals surface area (Å²) in [6.45, 7) is 9.37. The predicted molar refractivity (Wildman–Crippen MR) is 83.4 cm³/mol. The molecule has 0 aliphatic carbocycles. The molecule has 0 radical (unpaired) electrons. The molecule has 0 bridgehead atoms. The second kappa shape index (κ2) is 8.55. The van der Waals surface area contributed by atoms with Crippen molar-refractivity contribution in [1.29, 1.82) is 0 Å². The third-order valence-electron chi connectivity index (χ3n) is 3.68. The zero-order valence-corrected chi connectivity index (χ0v) is 13.4. The number of aromatic hydroxyl groups is 1. The molecule has 1 unspecified atom stereocenters. The van der Waals surface area contributed by atoms with Crippen LogP contribution in [0.1, 0.15) is 50.9 Å². The first kappa shape index (κ1) is 17.3. The molecular weight excluding hydrogens is 268 g/mol. The van der Waals surface area contributed by atoms with Crippen molar-refractivity contribution in [1.82, 2.24) is 0 Å². The molecule has 0 saturated carbocycles. The van der Waals surface area contributed by atoms with Crippen LogP contribution in [-0.2, 0) is 0 Å². The molecule has 0 saturated heterocycles. The molecule has 0 spiro atoms. The summed E-state index contributed by atoms with van der Waals surface area (Å²) in [4.78, 5) is 10.9. The number of carbonyl (C=O) groups is 1. The molecule has 4 nitrogen and oxygen atoms in total. The third-order valence-corrected chi connectivity index (χ3v) is 3.68. The van der Waals surface area contributed by atoms with E-state index in [9.17, 15) is 9.90 Å². The average molecular weight is 294 g/mol. The largest absolute Gasteiger partial charge is 0.504 e. The van der Waals surface area contributed by atoms with Crippen molar-refractivity contribution >= 4 is 6.29 Å². The Morgan fingerprint density at radius 3 is 2.19 bits per heavy atom. The van der Waals surface area contributed by atoms with Crippen molar-refractivity contribution in [2.75, 3.05) is 13.2 Å². The first-order chi connectivity index (χ1) is 10.0. The second-order valence-corrected chi connectivity index (χ2v) is 5.60. The van der Waals surface area contributed by atoms with Crippen molar-refractivity contribution in [2.24, 2.45) is 11.8 Å². The van der Waals surface area contributed by atoms with E-state index in [1.807, 2.05) is 0 Å². The Hall–Kier alpha value is -1.71. The van der Waals surface area contributed by atoms with Gasteiger partial charge in [0.05, 0.1) is 18.8 Å². The Kier molecular flexibility index (Phi) is 7.06. The van der Waals surface area contributed by atoms with Crippen LogP contribution in [0.15, 0.2) is 12.1 Å². The normalized spacial score (nSPS) is 13.5. The first-order valence-electron chi connectivity index (χ1n) is 7.60. The summed E-state index contributed by atoms with van der Waals surface area (Å²) < 4.78 is 11.4. The van der Waals surface area contributed by atoms with Crippen molar-refractivity contribution in [3.63, 3.8) is 0 Å². The highest BCUT2D eigenvalue weighted by atomic mass is 16.5. The standard InChI is InChI=1S/C17H26O4/c1-5-12(3)10-20-15-8-7-14(9-18)16(19)17(15)21-11-13(4)6-2/h7-9,12-13,19H,5-6,10-11H2,1-4H3/t12-,13?/m0/s1. The summed E-state index contributed by atoms with van der Waals surface area (Å²) in [5.41, 5.74) is 0.213. The molecule has 1 aromatic carbocycles. The minimum Gasteiger partial charge on any atom is -0.504 e. The van der Waals surface area contributed by atoms with Gasteiger partial charge >= 0.3 is 0 Å². The van der Waals surface area contributed by atoms with Gasteiger partial charge < -0.3 is 14.6 Å². The Morgan fingerprint density at radius 2 is 1.67 bits per heavy atom. The van der Waals surface area contributed by atoms with Gasteiger partial charge in [0, 0.05) is 0 Å². The lowest BCUT2D eigenvalue weighted by Gasteiger charge is -2.18. The fourth-order valence-electron chi connectivity index (χ4n) is 1.61. The number of hydrogen-bond acceptors (Lipinski definition) is 4. The van der Waals surface area contributed by atoms with E-state index >= 15 is 0 Å². The van der Waals surface area contributed by atoms with Crippen LogP contribution in [-0.4, -0.2) is 24.6 Å². The van der Waals surface area contributed by atoms with Gasteiger partial charge in [-0.25, -0.2) is 0 Å². The number of benzene rings is 1. The summed E-state index contributed by atoms with van der Waals surface area (Å²) in [5, 5.41) is 10.1. The quantitative estimate of drug-likeness (QED) is 0.698. The number of ether oxygens (including phenoxy) is 2. The van der Waals surface area contributed by atoms with Crippen molar-refractivity contribution in [3.05, 3.63) is 17.7 Å². The number of rotatable bonds is 9. The summed E-state index contributed by atoms with van der Waals surface area (Å²) in [6, 6.07) is 3.22. The second-order valence-electron chi connectivity index (χ2n) is 5.60. The van der Waals surface area contributed by atoms with Crippen LogP contribution >= 0.6 is 0 Å². The van der Waals surface area contributed by atoms with E-state index in [0.717, 1.165) is 12.8 Å².